The van der Waals surface area contributed by atoms with E-state index in [0.29, 0.717) is 23.2 Å². The highest BCUT2D eigenvalue weighted by molar-refractivity contribution is 5.68. The van der Waals surface area contributed by atoms with Gasteiger partial charge in [0.25, 0.3) is 0 Å². The number of hydrogen-bond acceptors (Lipinski definition) is 4. The second kappa shape index (κ2) is 9.34. The van der Waals surface area contributed by atoms with Crippen LogP contribution in [0.1, 0.15) is 44.5 Å². The number of rotatable bonds is 5. The van der Waals surface area contributed by atoms with E-state index in [2.05, 4.69) is 11.2 Å². The summed E-state index contributed by atoms with van der Waals surface area (Å²) in [6, 6.07) is 9.00. The Balaban J connectivity index is 0.00000122. The number of benzene rings is 1. The van der Waals surface area contributed by atoms with Crippen LogP contribution in [-0.2, 0) is 29.0 Å². The third-order valence-corrected chi connectivity index (χ3v) is 4.39. The van der Waals surface area contributed by atoms with Gasteiger partial charge in [-0.25, -0.2) is 0 Å². The van der Waals surface area contributed by atoms with Crippen LogP contribution in [-0.4, -0.2) is 22.1 Å². The van der Waals surface area contributed by atoms with Gasteiger partial charge in [0.15, 0.2) is 0 Å². The van der Waals surface area contributed by atoms with E-state index >= 15 is 0 Å². The fourth-order valence-corrected chi connectivity index (χ4v) is 2.73. The van der Waals surface area contributed by atoms with E-state index in [9.17, 15) is 18.4 Å². The molecule has 0 unspecified atom stereocenters. The summed E-state index contributed by atoms with van der Waals surface area (Å²) in [5, 5.41) is 14.0. The molecule has 1 aromatic heterocycles. The topological polar surface area (TPSA) is 75.8 Å². The first-order valence-electron chi connectivity index (χ1n) is 8.70. The van der Waals surface area contributed by atoms with E-state index in [-0.39, 0.29) is 12.6 Å². The molecule has 0 amide bonds. The summed E-state index contributed by atoms with van der Waals surface area (Å²) in [7, 11) is 0. The highest BCUT2D eigenvalue weighted by Crippen LogP contribution is 2.40. The summed E-state index contributed by atoms with van der Waals surface area (Å²) in [6.07, 6.45) is -3.44. The van der Waals surface area contributed by atoms with Gasteiger partial charge in [-0.2, -0.15) is 33.1 Å². The van der Waals surface area contributed by atoms with Crippen LogP contribution < -0.4 is 0 Å². The van der Waals surface area contributed by atoms with Crippen LogP contribution in [0.5, 0.6) is 0 Å². The van der Waals surface area contributed by atoms with Crippen molar-refractivity contribution in [3.63, 3.8) is 0 Å². The standard InChI is InChI=1S/C19H22F3N3.CO2/c1-5-15-10-17(25(6-2)24-15)16-8-7-13(9-14(16)12-23)11-18(3,4)19(20,21)22;2-1-3/h7-10H,5-6,11H2,1-4H3;. The molecule has 5 nitrogen and oxygen atoms in total. The summed E-state index contributed by atoms with van der Waals surface area (Å²) in [5.41, 5.74) is 1.46. The van der Waals surface area contributed by atoms with Crippen LogP contribution >= 0.6 is 0 Å². The second-order valence-corrected chi connectivity index (χ2v) is 6.82. The van der Waals surface area contributed by atoms with Crippen LogP contribution in [0.25, 0.3) is 11.3 Å². The molecule has 1 heterocycles. The van der Waals surface area contributed by atoms with Crippen molar-refractivity contribution in [2.75, 3.05) is 0 Å². The average molecular weight is 393 g/mol. The second-order valence-electron chi connectivity index (χ2n) is 6.82. The van der Waals surface area contributed by atoms with Gasteiger partial charge in [0.2, 0.25) is 0 Å². The molecule has 0 bridgehead atoms. The van der Waals surface area contributed by atoms with Crippen molar-refractivity contribution in [1.29, 1.82) is 5.26 Å². The minimum atomic E-state index is -4.30. The van der Waals surface area contributed by atoms with Gasteiger partial charge in [-0.05, 0) is 37.5 Å². The van der Waals surface area contributed by atoms with E-state index < -0.39 is 11.6 Å². The highest BCUT2D eigenvalue weighted by Gasteiger charge is 2.47. The molecule has 1 aromatic carbocycles. The van der Waals surface area contributed by atoms with Crippen molar-refractivity contribution in [2.45, 2.75) is 53.3 Å². The van der Waals surface area contributed by atoms with Crippen LogP contribution in [0.4, 0.5) is 13.2 Å². The molecule has 8 heteroatoms. The molecule has 0 spiro atoms. The summed E-state index contributed by atoms with van der Waals surface area (Å²) in [5.74, 6) is 0. The first kappa shape index (κ1) is 23.1. The summed E-state index contributed by atoms with van der Waals surface area (Å²) >= 11 is 0. The Hall–Kier alpha value is -2.91. The number of halogens is 3. The number of carbonyl (C=O) groups excluding carboxylic acids is 2. The van der Waals surface area contributed by atoms with Gasteiger partial charge in [-0.3, -0.25) is 4.68 Å². The number of aromatic nitrogens is 2. The minimum Gasteiger partial charge on any atom is -0.265 e. The third kappa shape index (κ3) is 5.30. The van der Waals surface area contributed by atoms with E-state index in [1.807, 2.05) is 24.6 Å². The van der Waals surface area contributed by atoms with Crippen molar-refractivity contribution in [3.05, 3.63) is 41.1 Å². The Labute approximate surface area is 161 Å². The van der Waals surface area contributed by atoms with Gasteiger partial charge in [0.1, 0.15) is 0 Å². The quantitative estimate of drug-likeness (QED) is 0.747. The predicted molar refractivity (Wildman–Crippen MR) is 96.0 cm³/mol. The monoisotopic (exact) mass is 393 g/mol. The zero-order chi connectivity index (χ0) is 21.5. The zero-order valence-corrected chi connectivity index (χ0v) is 16.2. The van der Waals surface area contributed by atoms with Crippen LogP contribution in [0, 0.1) is 16.7 Å². The van der Waals surface area contributed by atoms with Crippen molar-refractivity contribution < 1.29 is 22.8 Å². The Morgan fingerprint density at radius 3 is 2.21 bits per heavy atom. The van der Waals surface area contributed by atoms with Gasteiger partial charge in [-0.1, -0.05) is 32.9 Å². The number of hydrogen-bond donors (Lipinski definition) is 0. The Morgan fingerprint density at radius 2 is 1.75 bits per heavy atom. The lowest BCUT2D eigenvalue weighted by molar-refractivity contribution is -0.211. The van der Waals surface area contributed by atoms with E-state index in [1.54, 1.807) is 18.2 Å². The maximum absolute atomic E-state index is 13.1. The van der Waals surface area contributed by atoms with Crippen molar-refractivity contribution in [3.8, 4) is 17.3 Å². The lowest BCUT2D eigenvalue weighted by Gasteiger charge is -2.27. The van der Waals surface area contributed by atoms with Crippen molar-refractivity contribution in [2.24, 2.45) is 5.41 Å². The largest absolute Gasteiger partial charge is 0.394 e. The number of aryl methyl sites for hydroxylation is 2. The van der Waals surface area contributed by atoms with Gasteiger partial charge in [0.05, 0.1) is 28.4 Å². The molecule has 0 radical (unpaired) electrons. The molecule has 0 aliphatic rings. The number of alkyl halides is 3. The van der Waals surface area contributed by atoms with E-state index in [0.717, 1.165) is 17.8 Å². The van der Waals surface area contributed by atoms with E-state index in [4.69, 9.17) is 9.59 Å². The molecule has 2 aromatic rings. The summed E-state index contributed by atoms with van der Waals surface area (Å²) < 4.78 is 41.1. The van der Waals surface area contributed by atoms with Crippen molar-refractivity contribution >= 4 is 6.15 Å². The highest BCUT2D eigenvalue weighted by atomic mass is 19.4. The summed E-state index contributed by atoms with van der Waals surface area (Å²) in [6.45, 7) is 6.96. The molecule has 0 saturated heterocycles. The molecular formula is C20H22F3N3O2. The lowest BCUT2D eigenvalue weighted by atomic mass is 9.84. The fourth-order valence-electron chi connectivity index (χ4n) is 2.73. The smallest absolute Gasteiger partial charge is 0.265 e. The number of nitriles is 1. The maximum Gasteiger partial charge on any atom is 0.394 e. The average Bonchev–Trinajstić information content (AvgIpc) is 3.04. The SMILES string of the molecule is CCc1cc(-c2ccc(CC(C)(C)C(F)(F)F)cc2C#N)n(CC)n1.O=C=O. The van der Waals surface area contributed by atoms with Crippen LogP contribution in [0.3, 0.4) is 0 Å². The Bertz CT molecular complexity index is 887. The van der Waals surface area contributed by atoms with Gasteiger partial charge >= 0.3 is 12.3 Å². The predicted octanol–water partition coefficient (Wildman–Crippen LogP) is 4.55. The molecule has 0 saturated carbocycles. The zero-order valence-electron chi connectivity index (χ0n) is 16.2. The van der Waals surface area contributed by atoms with E-state index in [1.165, 1.54) is 13.8 Å². The Kier molecular flexibility index (Phi) is 7.71. The molecule has 150 valence electrons. The molecule has 2 rings (SSSR count). The van der Waals surface area contributed by atoms with Crippen molar-refractivity contribution in [1.82, 2.24) is 9.78 Å². The molecular weight excluding hydrogens is 371 g/mol. The molecule has 28 heavy (non-hydrogen) atoms. The Morgan fingerprint density at radius 1 is 1.14 bits per heavy atom. The first-order valence-corrected chi connectivity index (χ1v) is 8.70. The number of nitrogens with zero attached hydrogens (tertiary/aromatic N) is 3. The molecule has 0 atom stereocenters. The minimum absolute atomic E-state index is 0.168. The van der Waals surface area contributed by atoms with Crippen LogP contribution in [0.15, 0.2) is 24.3 Å². The normalized spacial score (nSPS) is 11.2. The molecule has 0 aliphatic carbocycles. The first-order chi connectivity index (χ1) is 13.0. The molecule has 0 aliphatic heterocycles. The van der Waals surface area contributed by atoms with Gasteiger partial charge in [-0.15, -0.1) is 0 Å². The fraction of sp³-hybridized carbons (Fsp3) is 0.450. The maximum atomic E-state index is 13.1. The summed E-state index contributed by atoms with van der Waals surface area (Å²) in [4.78, 5) is 16.2. The van der Waals surface area contributed by atoms with Gasteiger partial charge in [0, 0.05) is 12.1 Å². The van der Waals surface area contributed by atoms with Crippen LogP contribution in [0.2, 0.25) is 0 Å². The molecule has 0 fully saturated rings. The molecule has 0 N–H and O–H groups in total. The lowest BCUT2D eigenvalue weighted by Crippen LogP contribution is -2.34. The third-order valence-electron chi connectivity index (χ3n) is 4.39. The van der Waals surface area contributed by atoms with Gasteiger partial charge < -0.3 is 0 Å².